The quantitative estimate of drug-likeness (QED) is 0.294. The van der Waals surface area contributed by atoms with Gasteiger partial charge in [0.05, 0.1) is 27.9 Å². The highest BCUT2D eigenvalue weighted by molar-refractivity contribution is 6.09. The fourth-order valence-corrected chi connectivity index (χ4v) is 3.93. The fourth-order valence-electron chi connectivity index (χ4n) is 3.93. The Morgan fingerprint density at radius 1 is 1.27 bits per heavy atom. The summed E-state index contributed by atoms with van der Waals surface area (Å²) in [7, 11) is 0. The molecule has 2 heterocycles. The zero-order valence-corrected chi connectivity index (χ0v) is 16.7. The molecule has 0 aliphatic carbocycles. The Kier molecular flexibility index (Phi) is 5.00. The number of hydrogen-bond donors (Lipinski definition) is 4. The molecule has 0 bridgehead atoms. The second-order valence-corrected chi connectivity index (χ2v) is 7.69. The van der Waals surface area contributed by atoms with Crippen molar-refractivity contribution < 1.29 is 9.72 Å². The highest BCUT2D eigenvalue weighted by atomic mass is 16.6. The van der Waals surface area contributed by atoms with E-state index in [9.17, 15) is 14.9 Å². The minimum Gasteiger partial charge on any atom is -0.393 e. The van der Waals surface area contributed by atoms with E-state index in [4.69, 9.17) is 5.73 Å². The van der Waals surface area contributed by atoms with Crippen LogP contribution >= 0.6 is 0 Å². The molecule has 1 saturated heterocycles. The molecule has 1 fully saturated rings. The number of fused-ring (bicyclic) bond motifs is 1. The molecule has 0 spiro atoms. The molecule has 2 atom stereocenters. The first-order chi connectivity index (χ1) is 14.3. The molecule has 0 radical (unpaired) electrons. The van der Waals surface area contributed by atoms with E-state index in [2.05, 4.69) is 34.7 Å². The lowest BCUT2D eigenvalue weighted by atomic mass is 10.0. The molecular formula is C20H23N7O3. The zero-order valence-electron chi connectivity index (χ0n) is 16.7. The average Bonchev–Trinajstić information content (AvgIpc) is 3.14. The predicted molar refractivity (Wildman–Crippen MR) is 116 cm³/mol. The second kappa shape index (κ2) is 7.64. The molecule has 1 aliphatic heterocycles. The Labute approximate surface area is 172 Å². The summed E-state index contributed by atoms with van der Waals surface area (Å²) in [6, 6.07) is 8.53. The van der Waals surface area contributed by atoms with Gasteiger partial charge in [-0.3, -0.25) is 20.0 Å². The molecule has 2 aromatic carbocycles. The molecule has 3 aromatic rings. The molecule has 30 heavy (non-hydrogen) atoms. The van der Waals surface area contributed by atoms with Crippen molar-refractivity contribution in [3.63, 3.8) is 0 Å². The van der Waals surface area contributed by atoms with Crippen LogP contribution < -0.4 is 21.3 Å². The highest BCUT2D eigenvalue weighted by Crippen LogP contribution is 2.33. The Morgan fingerprint density at radius 2 is 2.00 bits per heavy atom. The molecule has 2 unspecified atom stereocenters. The number of aromatic nitrogens is 2. The number of nitro benzene ring substituents is 1. The third-order valence-corrected chi connectivity index (χ3v) is 5.18. The summed E-state index contributed by atoms with van der Waals surface area (Å²) < 4.78 is 0. The van der Waals surface area contributed by atoms with Crippen LogP contribution in [0.3, 0.4) is 0 Å². The monoisotopic (exact) mass is 409 g/mol. The van der Waals surface area contributed by atoms with Crippen LogP contribution in [0.15, 0.2) is 36.5 Å². The highest BCUT2D eigenvalue weighted by Gasteiger charge is 2.28. The third kappa shape index (κ3) is 3.77. The Hall–Kier alpha value is -3.66. The number of nitrogens with zero attached hydrogens (tertiary/aromatic N) is 3. The zero-order chi connectivity index (χ0) is 21.4. The number of carbonyl (C=O) groups is 1. The number of nitrogens with two attached hydrogens (primary N) is 1. The van der Waals surface area contributed by atoms with Crippen molar-refractivity contribution in [2.75, 3.05) is 29.0 Å². The van der Waals surface area contributed by atoms with Gasteiger partial charge in [-0.05, 0) is 38.1 Å². The number of amides is 1. The number of hydrogen-bond acceptors (Lipinski definition) is 7. The number of rotatable bonds is 4. The fraction of sp³-hybridized carbons (Fsp3) is 0.300. The van der Waals surface area contributed by atoms with Gasteiger partial charge < -0.3 is 21.3 Å². The Bertz CT molecular complexity index is 1120. The molecular weight excluding hydrogens is 386 g/mol. The van der Waals surface area contributed by atoms with Crippen molar-refractivity contribution >= 4 is 39.6 Å². The smallest absolute Gasteiger partial charge is 0.293 e. The van der Waals surface area contributed by atoms with Gasteiger partial charge in [-0.1, -0.05) is 0 Å². The van der Waals surface area contributed by atoms with Crippen molar-refractivity contribution in [2.24, 2.45) is 0 Å². The summed E-state index contributed by atoms with van der Waals surface area (Å²) in [6.45, 7) is 5.41. The number of nitrogen functional groups attached to an aromatic ring is 1. The van der Waals surface area contributed by atoms with Crippen LogP contribution in [0.25, 0.3) is 10.9 Å². The molecule has 0 saturated carbocycles. The van der Waals surface area contributed by atoms with Gasteiger partial charge >= 0.3 is 0 Å². The molecule has 1 aromatic heterocycles. The van der Waals surface area contributed by atoms with Crippen molar-refractivity contribution in [1.29, 1.82) is 0 Å². The van der Waals surface area contributed by atoms with Crippen LogP contribution in [0.5, 0.6) is 0 Å². The van der Waals surface area contributed by atoms with Gasteiger partial charge in [-0.15, -0.1) is 0 Å². The maximum absolute atomic E-state index is 13.2. The SMILES string of the molecule is CC1CN(c2cc(N)c([N+](=O)[O-])cc2C(=O)Nc2ccc3cn[nH]c3c2)CC(C)N1. The van der Waals surface area contributed by atoms with Gasteiger partial charge in [0, 0.05) is 42.3 Å². The van der Waals surface area contributed by atoms with Crippen molar-refractivity contribution in [3.05, 3.63) is 52.2 Å². The van der Waals surface area contributed by atoms with Crippen LogP contribution in [0, 0.1) is 10.1 Å². The van der Waals surface area contributed by atoms with Gasteiger partial charge in [0.2, 0.25) is 0 Å². The van der Waals surface area contributed by atoms with Crippen LogP contribution in [0.4, 0.5) is 22.7 Å². The van der Waals surface area contributed by atoms with E-state index in [-0.39, 0.29) is 29.0 Å². The molecule has 156 valence electrons. The van der Waals surface area contributed by atoms with Gasteiger partial charge in [-0.2, -0.15) is 5.10 Å². The van der Waals surface area contributed by atoms with Crippen LogP contribution in [0.2, 0.25) is 0 Å². The van der Waals surface area contributed by atoms with Crippen molar-refractivity contribution in [1.82, 2.24) is 15.5 Å². The minimum absolute atomic E-state index is 0.0317. The number of nitro groups is 1. The Morgan fingerprint density at radius 3 is 2.70 bits per heavy atom. The van der Waals surface area contributed by atoms with Crippen LogP contribution in [0.1, 0.15) is 24.2 Å². The average molecular weight is 409 g/mol. The van der Waals surface area contributed by atoms with E-state index >= 15 is 0 Å². The first kappa shape index (κ1) is 19.6. The lowest BCUT2D eigenvalue weighted by Gasteiger charge is -2.38. The minimum atomic E-state index is -0.574. The number of carbonyl (C=O) groups excluding carboxylic acids is 1. The summed E-state index contributed by atoms with van der Waals surface area (Å²) in [5.41, 5.74) is 7.82. The lowest BCUT2D eigenvalue weighted by Crippen LogP contribution is -2.54. The number of H-pyrrole nitrogens is 1. The van der Waals surface area contributed by atoms with E-state index < -0.39 is 10.8 Å². The third-order valence-electron chi connectivity index (χ3n) is 5.18. The molecule has 1 aliphatic rings. The first-order valence-corrected chi connectivity index (χ1v) is 9.65. The van der Waals surface area contributed by atoms with E-state index in [0.29, 0.717) is 24.5 Å². The molecule has 5 N–H and O–H groups in total. The standard InChI is InChI=1S/C20H23N7O3/c1-11-9-26(10-12(2)23-11)18-7-16(21)19(27(29)30)6-15(18)20(28)24-14-4-3-13-8-22-25-17(13)5-14/h3-8,11-12,23H,9-10,21H2,1-2H3,(H,22,25)(H,24,28). The summed E-state index contributed by atoms with van der Waals surface area (Å²) in [4.78, 5) is 26.0. The van der Waals surface area contributed by atoms with E-state index in [1.54, 1.807) is 18.3 Å². The summed E-state index contributed by atoms with van der Waals surface area (Å²) >= 11 is 0. The predicted octanol–water partition coefficient (Wildman–Crippen LogP) is 2.49. The van der Waals surface area contributed by atoms with Gasteiger partial charge in [0.15, 0.2) is 0 Å². The maximum Gasteiger partial charge on any atom is 0.293 e. The largest absolute Gasteiger partial charge is 0.393 e. The first-order valence-electron chi connectivity index (χ1n) is 9.65. The van der Waals surface area contributed by atoms with E-state index in [0.717, 1.165) is 10.9 Å². The summed E-state index contributed by atoms with van der Waals surface area (Å²) in [6.07, 6.45) is 1.69. The maximum atomic E-state index is 13.2. The van der Waals surface area contributed by atoms with E-state index in [1.807, 2.05) is 11.0 Å². The molecule has 4 rings (SSSR count). The molecule has 10 nitrogen and oxygen atoms in total. The summed E-state index contributed by atoms with van der Waals surface area (Å²) in [5.74, 6) is -0.439. The number of nitrogens with one attached hydrogen (secondary N) is 3. The van der Waals surface area contributed by atoms with Gasteiger partial charge in [0.1, 0.15) is 5.69 Å². The van der Waals surface area contributed by atoms with Gasteiger partial charge in [0.25, 0.3) is 11.6 Å². The van der Waals surface area contributed by atoms with Crippen molar-refractivity contribution in [3.8, 4) is 0 Å². The van der Waals surface area contributed by atoms with Crippen LogP contribution in [-0.2, 0) is 0 Å². The van der Waals surface area contributed by atoms with Gasteiger partial charge in [-0.25, -0.2) is 0 Å². The molecule has 10 heteroatoms. The number of piperazine rings is 1. The number of aromatic amines is 1. The Balaban J connectivity index is 1.72. The van der Waals surface area contributed by atoms with Crippen LogP contribution in [-0.4, -0.2) is 46.2 Å². The topological polar surface area (TPSA) is 142 Å². The lowest BCUT2D eigenvalue weighted by molar-refractivity contribution is -0.383. The van der Waals surface area contributed by atoms with E-state index in [1.165, 1.54) is 12.1 Å². The second-order valence-electron chi connectivity index (χ2n) is 7.69. The normalized spacial score (nSPS) is 19.1. The van der Waals surface area contributed by atoms with Crippen molar-refractivity contribution in [2.45, 2.75) is 25.9 Å². The molecule has 1 amide bonds. The number of benzene rings is 2. The summed E-state index contributed by atoms with van der Waals surface area (Å²) in [5, 5.41) is 25.4. The number of anilines is 3.